The van der Waals surface area contributed by atoms with Crippen LogP contribution in [0.15, 0.2) is 42.7 Å². The molecule has 1 aliphatic heterocycles. The van der Waals surface area contributed by atoms with Gasteiger partial charge in [-0.1, -0.05) is 30.3 Å². The summed E-state index contributed by atoms with van der Waals surface area (Å²) in [6.07, 6.45) is 3.51. The molecular weight excluding hydrogens is 338 g/mol. The molecule has 1 aliphatic rings. The minimum atomic E-state index is -3.71. The Morgan fingerprint density at radius 3 is 2.57 bits per heavy atom. The van der Waals surface area contributed by atoms with Crippen molar-refractivity contribution in [2.45, 2.75) is 24.8 Å². The summed E-state index contributed by atoms with van der Waals surface area (Å²) in [5.41, 5.74) is 1.99. The van der Waals surface area contributed by atoms with Gasteiger partial charge in [-0.25, -0.2) is 8.42 Å². The number of nitrogens with zero attached hydrogens (tertiary/aromatic N) is 3. The van der Waals surface area contributed by atoms with E-state index in [-0.39, 0.29) is 18.9 Å². The fraction of sp³-hybridized carbons (Fsp3) is 0.333. The first-order valence-corrected chi connectivity index (χ1v) is 9.55. The van der Waals surface area contributed by atoms with Gasteiger partial charge >= 0.3 is 0 Å². The molecule has 0 spiro atoms. The fourth-order valence-corrected chi connectivity index (χ4v) is 3.70. The minimum absolute atomic E-state index is 0.0516. The van der Waals surface area contributed by atoms with Gasteiger partial charge in [0.1, 0.15) is 5.25 Å². The normalized spacial score (nSPS) is 18.6. The Labute approximate surface area is 139 Å². The molecule has 122 valence electrons. The van der Waals surface area contributed by atoms with Gasteiger partial charge in [0.15, 0.2) is 0 Å². The molecule has 1 fully saturated rings. The second kappa shape index (κ2) is 6.33. The molecule has 2 heterocycles. The number of halogens is 1. The number of carbonyl (C=O) groups is 1. The number of likely N-dealkylation sites (tertiary alicyclic amines) is 1. The summed E-state index contributed by atoms with van der Waals surface area (Å²) in [4.78, 5) is 13.4. The Bertz CT molecular complexity index is 804. The number of hydrogen-bond donors (Lipinski definition) is 0. The first-order valence-electron chi connectivity index (χ1n) is 7.18. The van der Waals surface area contributed by atoms with Crippen LogP contribution < -0.4 is 0 Å². The van der Waals surface area contributed by atoms with Crippen molar-refractivity contribution in [3.05, 3.63) is 53.9 Å². The molecule has 1 amide bonds. The standard InChI is InChI=1S/C15H16ClN3O3S/c16-23(21,22)14-6-15(20)18(11-14)8-13-7-17-19(10-13)9-12-4-2-1-3-5-12/h1-5,7,10,14H,6,8-9,11H2. The Kier molecular flexibility index (Phi) is 4.41. The lowest BCUT2D eigenvalue weighted by atomic mass is 10.2. The van der Waals surface area contributed by atoms with E-state index in [1.165, 1.54) is 4.90 Å². The predicted molar refractivity (Wildman–Crippen MR) is 86.4 cm³/mol. The number of amides is 1. The van der Waals surface area contributed by atoms with Crippen LogP contribution >= 0.6 is 10.7 Å². The van der Waals surface area contributed by atoms with Crippen molar-refractivity contribution >= 4 is 25.6 Å². The maximum absolute atomic E-state index is 11.9. The zero-order valence-electron chi connectivity index (χ0n) is 12.3. The largest absolute Gasteiger partial charge is 0.337 e. The molecular formula is C15H16ClN3O3S. The molecule has 1 aromatic carbocycles. The third kappa shape index (κ3) is 3.92. The molecule has 2 aromatic rings. The average molecular weight is 354 g/mol. The van der Waals surface area contributed by atoms with Crippen molar-refractivity contribution in [2.75, 3.05) is 6.54 Å². The van der Waals surface area contributed by atoms with E-state index in [0.29, 0.717) is 13.1 Å². The third-order valence-corrected chi connectivity index (χ3v) is 5.69. The van der Waals surface area contributed by atoms with E-state index in [1.807, 2.05) is 36.5 Å². The van der Waals surface area contributed by atoms with Crippen LogP contribution in [0.4, 0.5) is 0 Å². The minimum Gasteiger partial charge on any atom is -0.337 e. The molecule has 1 saturated heterocycles. The summed E-state index contributed by atoms with van der Waals surface area (Å²) >= 11 is 0. The number of rotatable bonds is 5. The van der Waals surface area contributed by atoms with E-state index in [1.54, 1.807) is 10.9 Å². The lowest BCUT2D eigenvalue weighted by Gasteiger charge is -2.14. The highest BCUT2D eigenvalue weighted by molar-refractivity contribution is 8.14. The highest BCUT2D eigenvalue weighted by atomic mass is 35.7. The molecule has 1 aromatic heterocycles. The lowest BCUT2D eigenvalue weighted by Crippen LogP contribution is -2.26. The topological polar surface area (TPSA) is 72.3 Å². The molecule has 8 heteroatoms. The van der Waals surface area contributed by atoms with Crippen molar-refractivity contribution in [1.29, 1.82) is 0 Å². The van der Waals surface area contributed by atoms with E-state index in [0.717, 1.165) is 11.1 Å². The molecule has 0 saturated carbocycles. The zero-order valence-corrected chi connectivity index (χ0v) is 13.9. The summed E-state index contributed by atoms with van der Waals surface area (Å²) in [7, 11) is 1.64. The van der Waals surface area contributed by atoms with Gasteiger partial charge in [0.05, 0.1) is 12.7 Å². The number of aromatic nitrogens is 2. The molecule has 1 unspecified atom stereocenters. The first-order chi connectivity index (χ1) is 10.9. The van der Waals surface area contributed by atoms with Crippen LogP contribution in [0.25, 0.3) is 0 Å². The van der Waals surface area contributed by atoms with Crippen LogP contribution in [0.1, 0.15) is 17.5 Å². The van der Waals surface area contributed by atoms with Crippen LogP contribution in [-0.4, -0.2) is 40.8 Å². The molecule has 23 heavy (non-hydrogen) atoms. The maximum atomic E-state index is 11.9. The average Bonchev–Trinajstić information content (AvgIpc) is 3.08. The SMILES string of the molecule is O=C1CC(S(=O)(=O)Cl)CN1Cc1cnn(Cc2ccccc2)c1. The van der Waals surface area contributed by atoms with Crippen LogP contribution in [-0.2, 0) is 26.9 Å². The van der Waals surface area contributed by atoms with Gasteiger partial charge in [0.25, 0.3) is 0 Å². The summed E-state index contributed by atoms with van der Waals surface area (Å²) in [5.74, 6) is -0.199. The molecule has 3 rings (SSSR count). The van der Waals surface area contributed by atoms with Crippen molar-refractivity contribution in [3.8, 4) is 0 Å². The van der Waals surface area contributed by atoms with E-state index in [4.69, 9.17) is 10.7 Å². The van der Waals surface area contributed by atoms with Crippen molar-refractivity contribution in [2.24, 2.45) is 0 Å². The highest BCUT2D eigenvalue weighted by Gasteiger charge is 2.37. The van der Waals surface area contributed by atoms with E-state index in [9.17, 15) is 13.2 Å². The van der Waals surface area contributed by atoms with Crippen LogP contribution in [0.2, 0.25) is 0 Å². The van der Waals surface area contributed by atoms with Crippen molar-refractivity contribution in [3.63, 3.8) is 0 Å². The summed E-state index contributed by atoms with van der Waals surface area (Å²) in [6, 6.07) is 9.92. The van der Waals surface area contributed by atoms with Gasteiger partial charge in [0, 0.05) is 42.0 Å². The second-order valence-corrected chi connectivity index (χ2v) is 8.52. The lowest BCUT2D eigenvalue weighted by molar-refractivity contribution is -0.128. The molecule has 1 atom stereocenters. The van der Waals surface area contributed by atoms with Gasteiger partial charge in [0.2, 0.25) is 15.0 Å². The van der Waals surface area contributed by atoms with Gasteiger partial charge in [-0.2, -0.15) is 5.10 Å². The molecule has 6 nitrogen and oxygen atoms in total. The van der Waals surface area contributed by atoms with Crippen LogP contribution in [0.5, 0.6) is 0 Å². The van der Waals surface area contributed by atoms with Gasteiger partial charge in [-0.05, 0) is 5.56 Å². The van der Waals surface area contributed by atoms with Crippen LogP contribution in [0, 0.1) is 0 Å². The Morgan fingerprint density at radius 1 is 1.17 bits per heavy atom. The van der Waals surface area contributed by atoms with E-state index in [2.05, 4.69) is 5.10 Å². The number of carbonyl (C=O) groups excluding carboxylic acids is 1. The Morgan fingerprint density at radius 2 is 1.91 bits per heavy atom. The highest BCUT2D eigenvalue weighted by Crippen LogP contribution is 2.22. The second-order valence-electron chi connectivity index (χ2n) is 5.61. The van der Waals surface area contributed by atoms with Gasteiger partial charge in [-0.3, -0.25) is 9.48 Å². The van der Waals surface area contributed by atoms with E-state index >= 15 is 0 Å². The Balaban J connectivity index is 1.64. The van der Waals surface area contributed by atoms with Gasteiger partial charge < -0.3 is 4.90 Å². The van der Waals surface area contributed by atoms with E-state index < -0.39 is 14.3 Å². The van der Waals surface area contributed by atoms with Crippen molar-refractivity contribution < 1.29 is 13.2 Å². The Hall–Kier alpha value is -1.86. The van der Waals surface area contributed by atoms with Gasteiger partial charge in [-0.15, -0.1) is 0 Å². The van der Waals surface area contributed by atoms with Crippen molar-refractivity contribution in [1.82, 2.24) is 14.7 Å². The first kappa shape index (κ1) is 16.0. The maximum Gasteiger partial charge on any atom is 0.237 e. The summed E-state index contributed by atoms with van der Waals surface area (Å²) in [5, 5.41) is 3.46. The summed E-state index contributed by atoms with van der Waals surface area (Å²) in [6.45, 7) is 1.12. The fourth-order valence-electron chi connectivity index (χ4n) is 2.64. The number of hydrogen-bond acceptors (Lipinski definition) is 4. The smallest absolute Gasteiger partial charge is 0.237 e. The monoisotopic (exact) mass is 353 g/mol. The zero-order chi connectivity index (χ0) is 16.4. The molecule has 0 aliphatic carbocycles. The predicted octanol–water partition coefficient (Wildman–Crippen LogP) is 1.60. The molecule has 0 radical (unpaired) electrons. The number of benzene rings is 1. The molecule has 0 bridgehead atoms. The molecule has 0 N–H and O–H groups in total. The van der Waals surface area contributed by atoms with Crippen LogP contribution in [0.3, 0.4) is 0 Å². The quantitative estimate of drug-likeness (QED) is 0.765. The third-order valence-electron chi connectivity index (χ3n) is 3.82. The summed E-state index contributed by atoms with van der Waals surface area (Å²) < 4.78 is 24.5.